The molecule has 0 radical (unpaired) electrons. The summed E-state index contributed by atoms with van der Waals surface area (Å²) < 4.78 is 13.3. The molecule has 0 spiro atoms. The van der Waals surface area contributed by atoms with Crippen molar-refractivity contribution in [3.05, 3.63) is 41.7 Å². The highest BCUT2D eigenvalue weighted by atomic mass is 19.1. The van der Waals surface area contributed by atoms with E-state index in [4.69, 9.17) is 0 Å². The van der Waals surface area contributed by atoms with Gasteiger partial charge in [-0.1, -0.05) is 12.2 Å². The van der Waals surface area contributed by atoms with Gasteiger partial charge >= 0.3 is 0 Å². The number of piperidine rings is 1. The number of amides is 1. The maximum atomic E-state index is 13.3. The highest BCUT2D eigenvalue weighted by molar-refractivity contribution is 5.99. The van der Waals surface area contributed by atoms with Crippen molar-refractivity contribution >= 4 is 11.6 Å². The molecule has 1 saturated carbocycles. The molecule has 86 valence electrons. The molecule has 3 atom stereocenters. The lowest BCUT2D eigenvalue weighted by Crippen LogP contribution is -2.55. The molecule has 1 saturated heterocycles. The number of fused-ring (bicyclic) bond motifs is 3. The van der Waals surface area contributed by atoms with E-state index in [1.165, 1.54) is 11.6 Å². The maximum absolute atomic E-state index is 13.3. The van der Waals surface area contributed by atoms with Crippen LogP contribution < -0.4 is 4.90 Å². The van der Waals surface area contributed by atoms with E-state index >= 15 is 0 Å². The summed E-state index contributed by atoms with van der Waals surface area (Å²) in [7, 11) is 0. The van der Waals surface area contributed by atoms with Crippen LogP contribution in [0.4, 0.5) is 10.1 Å². The zero-order valence-electron chi connectivity index (χ0n) is 9.32. The minimum atomic E-state index is -0.229. The molecule has 2 nitrogen and oxygen atoms in total. The van der Waals surface area contributed by atoms with E-state index in [9.17, 15) is 9.18 Å². The highest BCUT2D eigenvalue weighted by Gasteiger charge is 2.57. The summed E-state index contributed by atoms with van der Waals surface area (Å²) in [4.78, 5) is 13.9. The molecule has 2 heterocycles. The number of hydrogen-bond acceptors (Lipinski definition) is 1. The fourth-order valence-corrected chi connectivity index (χ4v) is 3.71. The molecule has 1 aliphatic carbocycles. The summed E-state index contributed by atoms with van der Waals surface area (Å²) in [6, 6.07) is 4.95. The lowest BCUT2D eigenvalue weighted by atomic mass is 9.62. The van der Waals surface area contributed by atoms with Gasteiger partial charge in [0.05, 0.1) is 6.04 Å². The molecule has 17 heavy (non-hydrogen) atoms. The average Bonchev–Trinajstić information content (AvgIpc) is 2.61. The van der Waals surface area contributed by atoms with Crippen LogP contribution in [0.3, 0.4) is 0 Å². The Labute approximate surface area is 98.7 Å². The van der Waals surface area contributed by atoms with E-state index in [1.807, 2.05) is 4.90 Å². The molecule has 2 fully saturated rings. The van der Waals surface area contributed by atoms with Crippen molar-refractivity contribution in [2.45, 2.75) is 24.8 Å². The van der Waals surface area contributed by atoms with Gasteiger partial charge in [-0.05, 0) is 30.2 Å². The van der Waals surface area contributed by atoms with Crippen LogP contribution in [0.25, 0.3) is 0 Å². The van der Waals surface area contributed by atoms with E-state index in [2.05, 4.69) is 6.58 Å². The second kappa shape index (κ2) is 2.78. The zero-order chi connectivity index (χ0) is 11.7. The zero-order valence-corrected chi connectivity index (χ0v) is 9.32. The number of rotatable bonds is 0. The SMILES string of the molecule is C=C1[C@@H]2CCC(=O)N3c4ccc(F)cc4[C@H]1[C@H]23. The number of carbonyl (C=O) groups is 1. The van der Waals surface area contributed by atoms with E-state index in [-0.39, 0.29) is 23.7 Å². The Morgan fingerprint density at radius 3 is 3.06 bits per heavy atom. The lowest BCUT2D eigenvalue weighted by molar-refractivity contribution is -0.121. The minimum absolute atomic E-state index is 0.175. The second-order valence-electron chi connectivity index (χ2n) is 5.16. The molecule has 3 heteroatoms. The van der Waals surface area contributed by atoms with Crippen LogP contribution >= 0.6 is 0 Å². The van der Waals surface area contributed by atoms with Crippen molar-refractivity contribution < 1.29 is 9.18 Å². The van der Waals surface area contributed by atoms with Crippen molar-refractivity contribution in [2.75, 3.05) is 4.90 Å². The molecular weight excluding hydrogens is 217 g/mol. The molecule has 4 rings (SSSR count). The minimum Gasteiger partial charge on any atom is -0.308 e. The van der Waals surface area contributed by atoms with Crippen molar-refractivity contribution in [2.24, 2.45) is 5.92 Å². The van der Waals surface area contributed by atoms with Gasteiger partial charge in [-0.2, -0.15) is 0 Å². The summed E-state index contributed by atoms with van der Waals surface area (Å²) in [5.41, 5.74) is 3.03. The first-order chi connectivity index (χ1) is 8.18. The molecule has 0 unspecified atom stereocenters. The van der Waals surface area contributed by atoms with E-state index < -0.39 is 0 Å². The quantitative estimate of drug-likeness (QED) is 0.626. The van der Waals surface area contributed by atoms with E-state index in [0.717, 1.165) is 17.7 Å². The summed E-state index contributed by atoms with van der Waals surface area (Å²) in [5, 5.41) is 0. The van der Waals surface area contributed by atoms with Gasteiger partial charge in [-0.3, -0.25) is 4.79 Å². The van der Waals surface area contributed by atoms with Crippen LogP contribution in [0.5, 0.6) is 0 Å². The highest BCUT2D eigenvalue weighted by Crippen LogP contribution is 2.60. The summed E-state index contributed by atoms with van der Waals surface area (Å²) in [6.07, 6.45) is 1.50. The first-order valence-electron chi connectivity index (χ1n) is 5.98. The van der Waals surface area contributed by atoms with Gasteiger partial charge in [0, 0.05) is 23.9 Å². The van der Waals surface area contributed by atoms with Crippen molar-refractivity contribution in [3.8, 4) is 0 Å². The van der Waals surface area contributed by atoms with Crippen molar-refractivity contribution in [3.63, 3.8) is 0 Å². The number of anilines is 1. The number of carbonyl (C=O) groups excluding carboxylic acids is 1. The normalized spacial score (nSPS) is 33.2. The molecule has 1 aromatic rings. The molecule has 1 aromatic carbocycles. The van der Waals surface area contributed by atoms with Crippen molar-refractivity contribution in [1.29, 1.82) is 0 Å². The molecule has 0 aromatic heterocycles. The standard InChI is InChI=1S/C14H12FNO/c1-7-9-3-5-12(17)16-11-4-2-8(15)6-10(11)13(7)14(9)16/h2,4,6,9,13-14H,1,3,5H2/t9-,13-,14-/m0/s1. The fourth-order valence-electron chi connectivity index (χ4n) is 3.71. The van der Waals surface area contributed by atoms with Crippen molar-refractivity contribution in [1.82, 2.24) is 0 Å². The van der Waals surface area contributed by atoms with Gasteiger partial charge < -0.3 is 4.90 Å². The van der Waals surface area contributed by atoms with Crippen LogP contribution in [-0.2, 0) is 4.79 Å². The Hall–Kier alpha value is -1.64. The molecule has 3 aliphatic rings. The maximum Gasteiger partial charge on any atom is 0.227 e. The van der Waals surface area contributed by atoms with E-state index in [1.54, 1.807) is 12.1 Å². The fraction of sp³-hybridized carbons (Fsp3) is 0.357. The smallest absolute Gasteiger partial charge is 0.227 e. The van der Waals surface area contributed by atoms with Crippen LogP contribution in [0, 0.1) is 11.7 Å². The molecule has 0 N–H and O–H groups in total. The Kier molecular flexibility index (Phi) is 1.54. The van der Waals surface area contributed by atoms with Crippen LogP contribution in [0.2, 0.25) is 0 Å². The van der Waals surface area contributed by atoms with E-state index in [0.29, 0.717) is 12.3 Å². The summed E-state index contributed by atoms with van der Waals surface area (Å²) in [6.45, 7) is 4.12. The molecule has 2 aliphatic heterocycles. The molecular formula is C14H12FNO. The Morgan fingerprint density at radius 2 is 2.24 bits per heavy atom. The number of hydrogen-bond donors (Lipinski definition) is 0. The third-order valence-corrected chi connectivity index (χ3v) is 4.45. The van der Waals surface area contributed by atoms with Gasteiger partial charge in [0.2, 0.25) is 5.91 Å². The Balaban J connectivity index is 1.94. The monoisotopic (exact) mass is 229 g/mol. The largest absolute Gasteiger partial charge is 0.308 e. The topological polar surface area (TPSA) is 20.3 Å². The van der Waals surface area contributed by atoms with Gasteiger partial charge in [-0.25, -0.2) is 4.39 Å². The predicted octanol–water partition coefficient (Wildman–Crippen LogP) is 2.60. The second-order valence-corrected chi connectivity index (χ2v) is 5.16. The van der Waals surface area contributed by atoms with Crippen LogP contribution in [-0.4, -0.2) is 11.9 Å². The number of benzene rings is 1. The van der Waals surface area contributed by atoms with Crippen LogP contribution in [0.1, 0.15) is 24.3 Å². The Morgan fingerprint density at radius 1 is 1.41 bits per heavy atom. The molecule has 1 amide bonds. The third kappa shape index (κ3) is 0.938. The third-order valence-electron chi connectivity index (χ3n) is 4.45. The van der Waals surface area contributed by atoms with Gasteiger partial charge in [0.15, 0.2) is 0 Å². The first-order valence-corrected chi connectivity index (χ1v) is 5.98. The van der Waals surface area contributed by atoms with Gasteiger partial charge in [0.1, 0.15) is 5.82 Å². The number of halogens is 1. The first kappa shape index (κ1) is 9.40. The molecule has 0 bridgehead atoms. The number of nitrogens with zero attached hydrogens (tertiary/aromatic N) is 1. The summed E-state index contributed by atoms with van der Waals surface area (Å²) in [5.74, 6) is 0.546. The van der Waals surface area contributed by atoms with Gasteiger partial charge in [0.25, 0.3) is 0 Å². The lowest BCUT2D eigenvalue weighted by Gasteiger charge is -2.49. The summed E-state index contributed by atoms with van der Waals surface area (Å²) >= 11 is 0. The van der Waals surface area contributed by atoms with Gasteiger partial charge in [-0.15, -0.1) is 0 Å². The Bertz CT molecular complexity index is 565. The van der Waals surface area contributed by atoms with Crippen LogP contribution in [0.15, 0.2) is 30.4 Å². The predicted molar refractivity (Wildman–Crippen MR) is 62.3 cm³/mol. The average molecular weight is 229 g/mol.